The first kappa shape index (κ1) is 11.7. The lowest BCUT2D eigenvalue weighted by atomic mass is 9.87. The number of amides is 1. The van der Waals surface area contributed by atoms with Gasteiger partial charge in [-0.25, -0.2) is 4.98 Å². The van der Waals surface area contributed by atoms with Gasteiger partial charge in [-0.15, -0.1) is 0 Å². The lowest BCUT2D eigenvalue weighted by Crippen LogP contribution is -2.33. The van der Waals surface area contributed by atoms with Crippen LogP contribution in [0.4, 0.5) is 0 Å². The zero-order valence-electron chi connectivity index (χ0n) is 10.7. The molecule has 3 heterocycles. The third-order valence-corrected chi connectivity index (χ3v) is 4.02. The fraction of sp³-hybridized carbons (Fsp3) is 0.571. The van der Waals surface area contributed by atoms with Crippen molar-refractivity contribution in [3.63, 3.8) is 0 Å². The summed E-state index contributed by atoms with van der Waals surface area (Å²) in [6, 6.07) is 5.60. The van der Waals surface area contributed by atoms with Gasteiger partial charge in [0.1, 0.15) is 5.69 Å². The van der Waals surface area contributed by atoms with Crippen LogP contribution in [0.5, 0.6) is 0 Å². The van der Waals surface area contributed by atoms with Crippen LogP contribution in [0.3, 0.4) is 0 Å². The summed E-state index contributed by atoms with van der Waals surface area (Å²) in [6.07, 6.45) is 2.14. The van der Waals surface area contributed by atoms with E-state index in [2.05, 4.69) is 4.98 Å². The van der Waals surface area contributed by atoms with Gasteiger partial charge in [-0.05, 0) is 31.9 Å². The highest BCUT2D eigenvalue weighted by Crippen LogP contribution is 2.38. The SMILES string of the molecule is Cc1cccc(C(=O)N2CCC3(CCOC3)C2)n1. The molecule has 2 saturated heterocycles. The predicted octanol–water partition coefficient (Wildman–Crippen LogP) is 1.64. The Bertz CT molecular complexity index is 467. The molecule has 0 bridgehead atoms. The van der Waals surface area contributed by atoms with Gasteiger partial charge in [-0.2, -0.15) is 0 Å². The zero-order chi connectivity index (χ0) is 12.6. The maximum atomic E-state index is 12.4. The predicted molar refractivity (Wildman–Crippen MR) is 67.4 cm³/mol. The molecule has 1 aromatic rings. The van der Waals surface area contributed by atoms with Crippen LogP contribution in [0.15, 0.2) is 18.2 Å². The molecule has 4 heteroatoms. The van der Waals surface area contributed by atoms with Crippen molar-refractivity contribution >= 4 is 5.91 Å². The quantitative estimate of drug-likeness (QED) is 0.756. The van der Waals surface area contributed by atoms with Gasteiger partial charge in [0.15, 0.2) is 0 Å². The highest BCUT2D eigenvalue weighted by molar-refractivity contribution is 5.92. The molecule has 3 rings (SSSR count). The average molecular weight is 246 g/mol. The van der Waals surface area contributed by atoms with E-state index < -0.39 is 0 Å². The Labute approximate surface area is 107 Å². The van der Waals surface area contributed by atoms with Crippen LogP contribution in [0, 0.1) is 12.3 Å². The number of nitrogens with zero attached hydrogens (tertiary/aromatic N) is 2. The summed E-state index contributed by atoms with van der Waals surface area (Å²) in [5.74, 6) is 0.0578. The number of rotatable bonds is 1. The smallest absolute Gasteiger partial charge is 0.272 e. The molecule has 0 aliphatic carbocycles. The van der Waals surface area contributed by atoms with Crippen LogP contribution in [0.2, 0.25) is 0 Å². The van der Waals surface area contributed by atoms with Crippen LogP contribution in [-0.4, -0.2) is 42.1 Å². The Kier molecular flexibility index (Phi) is 2.82. The summed E-state index contributed by atoms with van der Waals surface area (Å²) in [4.78, 5) is 18.6. The van der Waals surface area contributed by atoms with E-state index in [0.29, 0.717) is 5.69 Å². The van der Waals surface area contributed by atoms with E-state index >= 15 is 0 Å². The Balaban J connectivity index is 1.74. The highest BCUT2D eigenvalue weighted by Gasteiger charge is 2.43. The number of hydrogen-bond acceptors (Lipinski definition) is 3. The van der Waals surface area contributed by atoms with Gasteiger partial charge in [0.05, 0.1) is 6.61 Å². The summed E-state index contributed by atoms with van der Waals surface area (Å²) in [5, 5.41) is 0. The molecule has 2 aliphatic heterocycles. The molecule has 0 N–H and O–H groups in total. The van der Waals surface area contributed by atoms with Crippen molar-refractivity contribution in [3.8, 4) is 0 Å². The number of pyridine rings is 1. The number of hydrogen-bond donors (Lipinski definition) is 0. The Morgan fingerprint density at radius 3 is 3.06 bits per heavy atom. The highest BCUT2D eigenvalue weighted by atomic mass is 16.5. The Morgan fingerprint density at radius 1 is 1.44 bits per heavy atom. The van der Waals surface area contributed by atoms with Crippen LogP contribution < -0.4 is 0 Å². The van der Waals surface area contributed by atoms with Gasteiger partial charge in [0.25, 0.3) is 5.91 Å². The minimum absolute atomic E-state index is 0.0578. The van der Waals surface area contributed by atoms with Crippen molar-refractivity contribution in [2.45, 2.75) is 19.8 Å². The van der Waals surface area contributed by atoms with Crippen LogP contribution >= 0.6 is 0 Å². The number of carbonyl (C=O) groups excluding carboxylic acids is 1. The molecule has 18 heavy (non-hydrogen) atoms. The summed E-state index contributed by atoms with van der Waals surface area (Å²) < 4.78 is 5.48. The molecule has 1 aromatic heterocycles. The molecular weight excluding hydrogens is 228 g/mol. The number of carbonyl (C=O) groups is 1. The molecular formula is C14H18N2O2. The van der Waals surface area contributed by atoms with Crippen molar-refractivity contribution in [2.75, 3.05) is 26.3 Å². The van der Waals surface area contributed by atoms with E-state index in [1.807, 2.05) is 24.0 Å². The monoisotopic (exact) mass is 246 g/mol. The van der Waals surface area contributed by atoms with Gasteiger partial charge in [-0.1, -0.05) is 6.07 Å². The van der Waals surface area contributed by atoms with Gasteiger partial charge < -0.3 is 9.64 Å². The number of likely N-dealkylation sites (tertiary alicyclic amines) is 1. The van der Waals surface area contributed by atoms with Gasteiger partial charge in [0.2, 0.25) is 0 Å². The van der Waals surface area contributed by atoms with Gasteiger partial charge in [0, 0.05) is 30.8 Å². The number of ether oxygens (including phenoxy) is 1. The largest absolute Gasteiger partial charge is 0.381 e. The molecule has 0 aromatic carbocycles. The summed E-state index contributed by atoms with van der Waals surface area (Å²) in [5.41, 5.74) is 1.67. The minimum Gasteiger partial charge on any atom is -0.381 e. The molecule has 0 saturated carbocycles. The summed E-state index contributed by atoms with van der Waals surface area (Å²) in [7, 11) is 0. The van der Waals surface area contributed by atoms with Crippen molar-refractivity contribution in [3.05, 3.63) is 29.6 Å². The van der Waals surface area contributed by atoms with E-state index in [1.165, 1.54) is 0 Å². The lowest BCUT2D eigenvalue weighted by molar-refractivity contribution is 0.0759. The molecule has 96 valence electrons. The molecule has 1 unspecified atom stereocenters. The molecule has 1 spiro atoms. The lowest BCUT2D eigenvalue weighted by Gasteiger charge is -2.21. The molecule has 1 atom stereocenters. The second-order valence-corrected chi connectivity index (χ2v) is 5.44. The first-order valence-electron chi connectivity index (χ1n) is 6.49. The first-order valence-corrected chi connectivity index (χ1v) is 6.49. The minimum atomic E-state index is 0.0578. The second kappa shape index (κ2) is 4.35. The molecule has 2 fully saturated rings. The topological polar surface area (TPSA) is 42.4 Å². The zero-order valence-corrected chi connectivity index (χ0v) is 10.7. The third-order valence-electron chi connectivity index (χ3n) is 4.02. The van der Waals surface area contributed by atoms with Crippen molar-refractivity contribution in [1.29, 1.82) is 0 Å². The molecule has 0 radical (unpaired) electrons. The van der Waals surface area contributed by atoms with Gasteiger partial charge in [-0.3, -0.25) is 4.79 Å². The average Bonchev–Trinajstić information content (AvgIpc) is 3.00. The fourth-order valence-electron chi connectivity index (χ4n) is 2.90. The van der Waals surface area contributed by atoms with Crippen molar-refractivity contribution in [1.82, 2.24) is 9.88 Å². The van der Waals surface area contributed by atoms with E-state index in [-0.39, 0.29) is 11.3 Å². The van der Waals surface area contributed by atoms with Crippen LogP contribution in [0.25, 0.3) is 0 Å². The summed E-state index contributed by atoms with van der Waals surface area (Å²) >= 11 is 0. The van der Waals surface area contributed by atoms with Crippen molar-refractivity contribution < 1.29 is 9.53 Å². The van der Waals surface area contributed by atoms with E-state index in [1.54, 1.807) is 6.07 Å². The first-order chi connectivity index (χ1) is 8.69. The normalized spacial score (nSPS) is 27.1. The second-order valence-electron chi connectivity index (χ2n) is 5.44. The van der Waals surface area contributed by atoms with Crippen LogP contribution in [0.1, 0.15) is 29.0 Å². The maximum Gasteiger partial charge on any atom is 0.272 e. The summed E-state index contributed by atoms with van der Waals surface area (Å²) in [6.45, 7) is 5.20. The van der Waals surface area contributed by atoms with E-state index in [9.17, 15) is 4.79 Å². The van der Waals surface area contributed by atoms with Crippen molar-refractivity contribution in [2.24, 2.45) is 5.41 Å². The maximum absolute atomic E-state index is 12.4. The Morgan fingerprint density at radius 2 is 2.33 bits per heavy atom. The molecule has 2 aliphatic rings. The molecule has 4 nitrogen and oxygen atoms in total. The molecule has 1 amide bonds. The number of aromatic nitrogens is 1. The standard InChI is InChI=1S/C14H18N2O2/c1-11-3-2-4-12(15-11)13(17)16-7-5-14(9-16)6-8-18-10-14/h2-4H,5-10H2,1H3. The van der Waals surface area contributed by atoms with Crippen LogP contribution in [-0.2, 0) is 4.74 Å². The third kappa shape index (κ3) is 2.01. The number of aryl methyl sites for hydroxylation is 1. The van der Waals surface area contributed by atoms with E-state index in [0.717, 1.165) is 44.8 Å². The fourth-order valence-corrected chi connectivity index (χ4v) is 2.90. The van der Waals surface area contributed by atoms with Gasteiger partial charge >= 0.3 is 0 Å². The Hall–Kier alpha value is -1.42. The van der Waals surface area contributed by atoms with E-state index in [4.69, 9.17) is 4.74 Å².